The Morgan fingerprint density at radius 2 is 2.04 bits per heavy atom. The molecule has 0 saturated heterocycles. The van der Waals surface area contributed by atoms with E-state index in [1.165, 1.54) is 12.1 Å². The van der Waals surface area contributed by atoms with Crippen LogP contribution in [0.25, 0.3) is 0 Å². The highest BCUT2D eigenvalue weighted by Crippen LogP contribution is 2.17. The van der Waals surface area contributed by atoms with E-state index < -0.39 is 17.7 Å². The van der Waals surface area contributed by atoms with Crippen molar-refractivity contribution in [3.8, 4) is 0 Å². The Bertz CT molecular complexity index is 675. The molecule has 0 bridgehead atoms. The zero-order valence-corrected chi connectivity index (χ0v) is 14.0. The van der Waals surface area contributed by atoms with Crippen LogP contribution in [-0.4, -0.2) is 28.3 Å². The molecule has 0 fully saturated rings. The third-order valence-electron chi connectivity index (χ3n) is 4.06. The van der Waals surface area contributed by atoms with Crippen LogP contribution in [0.15, 0.2) is 36.7 Å². The lowest BCUT2D eigenvalue weighted by atomic mass is 10.1. The second-order valence-electron chi connectivity index (χ2n) is 5.85. The maximum absolute atomic E-state index is 13.7. The van der Waals surface area contributed by atoms with Gasteiger partial charge in [-0.15, -0.1) is 0 Å². The molecule has 2 N–H and O–H groups in total. The molecule has 1 aromatic heterocycles. The number of benzene rings is 1. The van der Waals surface area contributed by atoms with Crippen LogP contribution < -0.4 is 10.6 Å². The van der Waals surface area contributed by atoms with Gasteiger partial charge in [0.1, 0.15) is 11.6 Å². The van der Waals surface area contributed by atoms with Crippen molar-refractivity contribution >= 4 is 5.91 Å². The minimum Gasteiger partial charge on any atom is -0.348 e. The number of aromatic nitrogens is 2. The van der Waals surface area contributed by atoms with E-state index in [9.17, 15) is 13.6 Å². The minimum absolute atomic E-state index is 0.0218. The topological polar surface area (TPSA) is 59.0 Å². The molecular weight excluding hydrogens is 314 g/mol. The van der Waals surface area contributed by atoms with Gasteiger partial charge in [0, 0.05) is 30.1 Å². The van der Waals surface area contributed by atoms with Crippen molar-refractivity contribution in [3.63, 3.8) is 0 Å². The first kappa shape index (κ1) is 18.1. The van der Waals surface area contributed by atoms with Crippen molar-refractivity contribution in [2.75, 3.05) is 6.54 Å². The zero-order valence-electron chi connectivity index (χ0n) is 14.0. The van der Waals surface area contributed by atoms with Gasteiger partial charge in [-0.3, -0.25) is 9.48 Å². The summed E-state index contributed by atoms with van der Waals surface area (Å²) in [5.74, 6) is -1.57. The van der Waals surface area contributed by atoms with E-state index in [0.29, 0.717) is 0 Å². The van der Waals surface area contributed by atoms with E-state index in [2.05, 4.69) is 15.7 Å². The number of nitrogens with zero attached hydrogens (tertiary/aromatic N) is 2. The highest BCUT2D eigenvalue weighted by Gasteiger charge is 2.17. The molecule has 0 aliphatic rings. The van der Waals surface area contributed by atoms with Gasteiger partial charge in [0.25, 0.3) is 0 Å². The number of amides is 1. The predicted molar refractivity (Wildman–Crippen MR) is 87.3 cm³/mol. The maximum Gasteiger partial charge on any atom is 0.234 e. The fourth-order valence-electron chi connectivity index (χ4n) is 2.40. The van der Waals surface area contributed by atoms with E-state index in [0.717, 1.165) is 6.07 Å². The van der Waals surface area contributed by atoms with Crippen LogP contribution in [0.5, 0.6) is 0 Å². The van der Waals surface area contributed by atoms with Crippen LogP contribution in [-0.2, 0) is 4.79 Å². The monoisotopic (exact) mass is 336 g/mol. The molecule has 3 atom stereocenters. The van der Waals surface area contributed by atoms with Gasteiger partial charge in [0.05, 0.1) is 18.6 Å². The highest BCUT2D eigenvalue weighted by atomic mass is 19.1. The van der Waals surface area contributed by atoms with Gasteiger partial charge in [-0.05, 0) is 32.9 Å². The number of hydrogen-bond acceptors (Lipinski definition) is 3. The summed E-state index contributed by atoms with van der Waals surface area (Å²) in [5.41, 5.74) is 0.253. The molecule has 0 unspecified atom stereocenters. The van der Waals surface area contributed by atoms with Crippen LogP contribution >= 0.6 is 0 Å². The Morgan fingerprint density at radius 1 is 1.29 bits per heavy atom. The Labute approximate surface area is 140 Å². The molecule has 130 valence electrons. The van der Waals surface area contributed by atoms with Crippen molar-refractivity contribution in [1.82, 2.24) is 20.4 Å². The highest BCUT2D eigenvalue weighted by molar-refractivity contribution is 5.78. The Kier molecular flexibility index (Phi) is 6.03. The van der Waals surface area contributed by atoms with Crippen molar-refractivity contribution in [3.05, 3.63) is 53.9 Å². The van der Waals surface area contributed by atoms with Gasteiger partial charge in [0.15, 0.2) is 0 Å². The third-order valence-corrected chi connectivity index (χ3v) is 4.06. The number of hydrogen-bond donors (Lipinski definition) is 2. The largest absolute Gasteiger partial charge is 0.348 e. The minimum atomic E-state index is -0.670. The summed E-state index contributed by atoms with van der Waals surface area (Å²) in [6.07, 6.45) is 3.57. The van der Waals surface area contributed by atoms with Crippen LogP contribution in [0.1, 0.15) is 38.4 Å². The average molecular weight is 336 g/mol. The number of halogens is 2. The summed E-state index contributed by atoms with van der Waals surface area (Å²) in [4.78, 5) is 12.0. The first-order valence-corrected chi connectivity index (χ1v) is 7.85. The Balaban J connectivity index is 1.84. The van der Waals surface area contributed by atoms with Crippen LogP contribution in [0.4, 0.5) is 8.78 Å². The molecule has 24 heavy (non-hydrogen) atoms. The van der Waals surface area contributed by atoms with Crippen LogP contribution in [0.2, 0.25) is 0 Å². The first-order valence-electron chi connectivity index (χ1n) is 7.85. The number of carbonyl (C=O) groups is 1. The second-order valence-corrected chi connectivity index (χ2v) is 5.85. The van der Waals surface area contributed by atoms with Crippen LogP contribution in [0.3, 0.4) is 0 Å². The lowest BCUT2D eigenvalue weighted by Gasteiger charge is -2.22. The van der Waals surface area contributed by atoms with Gasteiger partial charge in [-0.25, -0.2) is 8.78 Å². The van der Waals surface area contributed by atoms with Crippen molar-refractivity contribution < 1.29 is 13.6 Å². The normalized spacial score (nSPS) is 14.9. The molecule has 2 rings (SSSR count). The Hall–Kier alpha value is -2.28. The summed E-state index contributed by atoms with van der Waals surface area (Å²) in [6.45, 7) is 5.71. The zero-order chi connectivity index (χ0) is 17.7. The van der Waals surface area contributed by atoms with E-state index in [1.54, 1.807) is 13.1 Å². The molecule has 2 aromatic rings. The molecule has 0 aliphatic heterocycles. The maximum atomic E-state index is 13.7. The van der Waals surface area contributed by atoms with E-state index in [4.69, 9.17) is 0 Å². The van der Waals surface area contributed by atoms with Gasteiger partial charge >= 0.3 is 0 Å². The van der Waals surface area contributed by atoms with E-state index in [1.807, 2.05) is 30.8 Å². The molecule has 1 heterocycles. The first-order chi connectivity index (χ1) is 11.4. The fourth-order valence-corrected chi connectivity index (χ4v) is 2.40. The van der Waals surface area contributed by atoms with Crippen molar-refractivity contribution in [2.45, 2.75) is 38.9 Å². The second kappa shape index (κ2) is 8.01. The average Bonchev–Trinajstić information content (AvgIpc) is 3.06. The Morgan fingerprint density at radius 3 is 2.67 bits per heavy atom. The lowest BCUT2D eigenvalue weighted by Crippen LogP contribution is -2.42. The SMILES string of the molecule is C[C@H](NC(=O)CN[C@@H](C)[C@H](C)n1cccn1)c1ccc(F)cc1F. The summed E-state index contributed by atoms with van der Waals surface area (Å²) < 4.78 is 28.5. The lowest BCUT2D eigenvalue weighted by molar-refractivity contribution is -0.121. The molecular formula is C17H22F2N4O. The van der Waals surface area contributed by atoms with Crippen molar-refractivity contribution in [1.29, 1.82) is 0 Å². The summed E-state index contributed by atoms with van der Waals surface area (Å²) in [5, 5.41) is 10.00. The van der Waals surface area contributed by atoms with Gasteiger partial charge in [0.2, 0.25) is 5.91 Å². The summed E-state index contributed by atoms with van der Waals surface area (Å²) in [6, 6.07) is 4.73. The molecule has 7 heteroatoms. The molecule has 5 nitrogen and oxygen atoms in total. The molecule has 0 saturated carbocycles. The van der Waals surface area contributed by atoms with Gasteiger partial charge in [-0.2, -0.15) is 5.10 Å². The molecule has 1 amide bonds. The quantitative estimate of drug-likeness (QED) is 0.817. The molecule has 0 spiro atoms. The van der Waals surface area contributed by atoms with Gasteiger partial charge in [-0.1, -0.05) is 6.07 Å². The number of rotatable bonds is 7. The predicted octanol–water partition coefficient (Wildman–Crippen LogP) is 2.58. The number of nitrogens with one attached hydrogen (secondary N) is 2. The molecule has 0 radical (unpaired) electrons. The smallest absolute Gasteiger partial charge is 0.234 e. The van der Waals surface area contributed by atoms with Crippen LogP contribution in [0, 0.1) is 11.6 Å². The fraction of sp³-hybridized carbons (Fsp3) is 0.412. The summed E-state index contributed by atoms with van der Waals surface area (Å²) in [7, 11) is 0. The van der Waals surface area contributed by atoms with Crippen molar-refractivity contribution in [2.24, 2.45) is 0 Å². The summed E-state index contributed by atoms with van der Waals surface area (Å²) >= 11 is 0. The van der Waals surface area contributed by atoms with E-state index in [-0.39, 0.29) is 30.1 Å². The standard InChI is InChI=1S/C17H22F2N4O/c1-11(13(3)23-8-4-7-21-23)20-10-17(24)22-12(2)15-6-5-14(18)9-16(15)19/h4-9,11-13,20H,10H2,1-3H3,(H,22,24)/t11-,12-,13-/m0/s1. The van der Waals surface area contributed by atoms with E-state index >= 15 is 0 Å². The van der Waals surface area contributed by atoms with Gasteiger partial charge < -0.3 is 10.6 Å². The third kappa shape index (κ3) is 4.61. The number of carbonyl (C=O) groups excluding carboxylic acids is 1. The molecule has 0 aliphatic carbocycles. The molecule has 1 aromatic carbocycles.